The summed E-state index contributed by atoms with van der Waals surface area (Å²) in [5.41, 5.74) is 9.56. The average Bonchev–Trinajstić information content (AvgIpc) is 2.40. The lowest BCUT2D eigenvalue weighted by atomic mass is 9.47. The lowest BCUT2D eigenvalue weighted by Gasteiger charge is -2.59. The Bertz CT molecular complexity index is 455. The molecule has 0 aromatic carbocycles. The highest BCUT2D eigenvalue weighted by Crippen LogP contribution is 2.61. The topological polar surface area (TPSA) is 38.9 Å². The van der Waals surface area contributed by atoms with Crippen molar-refractivity contribution in [2.75, 3.05) is 0 Å². The van der Waals surface area contributed by atoms with E-state index in [-0.39, 0.29) is 0 Å². The van der Waals surface area contributed by atoms with E-state index in [1.165, 1.54) is 49.8 Å². The summed E-state index contributed by atoms with van der Waals surface area (Å²) in [5, 5.41) is 0. The third kappa shape index (κ3) is 2.09. The molecule has 1 atom stereocenters. The van der Waals surface area contributed by atoms with Crippen molar-refractivity contribution < 1.29 is 0 Å². The van der Waals surface area contributed by atoms with Crippen LogP contribution in [0.25, 0.3) is 0 Å². The zero-order valence-corrected chi connectivity index (χ0v) is 12.5. The van der Waals surface area contributed by atoms with E-state index in [1.807, 2.05) is 6.20 Å². The molecule has 0 amide bonds. The minimum absolute atomic E-state index is 0.311. The molecule has 1 unspecified atom stereocenters. The Morgan fingerprint density at radius 2 is 1.75 bits per heavy atom. The fourth-order valence-electron chi connectivity index (χ4n) is 5.69. The van der Waals surface area contributed by atoms with Gasteiger partial charge in [0.05, 0.1) is 0 Å². The van der Waals surface area contributed by atoms with Gasteiger partial charge in [-0.3, -0.25) is 4.98 Å². The number of rotatable bonds is 3. The molecule has 4 fully saturated rings. The van der Waals surface area contributed by atoms with Gasteiger partial charge in [0.1, 0.15) is 0 Å². The molecule has 2 N–H and O–H groups in total. The molecule has 1 aromatic heterocycles. The van der Waals surface area contributed by atoms with Crippen molar-refractivity contribution in [2.45, 2.75) is 57.9 Å². The molecular formula is C18H26N2. The highest BCUT2D eigenvalue weighted by molar-refractivity contribution is 5.15. The molecule has 108 valence electrons. The standard InChI is InChI=1S/C18H26N2/c1-12-2-3-16(20-11-12)7-17(19)18-8-13-4-14(9-18)6-15(5-13)10-18/h2-3,11,13-15,17H,4-10,19H2,1H3. The van der Waals surface area contributed by atoms with Crippen molar-refractivity contribution in [3.63, 3.8) is 0 Å². The summed E-state index contributed by atoms with van der Waals surface area (Å²) in [4.78, 5) is 4.57. The molecule has 1 aromatic rings. The summed E-state index contributed by atoms with van der Waals surface area (Å²) in [6.07, 6.45) is 11.6. The number of aromatic nitrogens is 1. The number of hydrogen-bond donors (Lipinski definition) is 1. The summed E-state index contributed by atoms with van der Waals surface area (Å²) < 4.78 is 0. The lowest BCUT2D eigenvalue weighted by molar-refractivity contribution is -0.0669. The molecule has 4 saturated carbocycles. The number of aryl methyl sites for hydroxylation is 1. The molecule has 2 nitrogen and oxygen atoms in total. The predicted molar refractivity (Wildman–Crippen MR) is 81.3 cm³/mol. The molecule has 4 aliphatic rings. The van der Waals surface area contributed by atoms with Crippen LogP contribution in [-0.2, 0) is 6.42 Å². The fraction of sp³-hybridized carbons (Fsp3) is 0.722. The third-order valence-electron chi connectivity index (χ3n) is 6.27. The number of hydrogen-bond acceptors (Lipinski definition) is 2. The van der Waals surface area contributed by atoms with E-state index in [9.17, 15) is 0 Å². The van der Waals surface area contributed by atoms with Crippen LogP contribution in [0, 0.1) is 30.1 Å². The largest absolute Gasteiger partial charge is 0.327 e. The van der Waals surface area contributed by atoms with Crippen LogP contribution < -0.4 is 5.73 Å². The van der Waals surface area contributed by atoms with Crippen LogP contribution in [0.1, 0.15) is 49.8 Å². The molecule has 2 heteroatoms. The van der Waals surface area contributed by atoms with E-state index in [1.54, 1.807) is 0 Å². The first kappa shape index (κ1) is 12.8. The maximum atomic E-state index is 6.70. The molecule has 4 aliphatic carbocycles. The van der Waals surface area contributed by atoms with Crippen molar-refractivity contribution in [2.24, 2.45) is 28.9 Å². The Kier molecular flexibility index (Phi) is 2.92. The maximum Gasteiger partial charge on any atom is 0.0419 e. The van der Waals surface area contributed by atoms with Gasteiger partial charge in [0, 0.05) is 24.4 Å². The van der Waals surface area contributed by atoms with Gasteiger partial charge in [-0.1, -0.05) is 6.07 Å². The second kappa shape index (κ2) is 4.56. The number of nitrogens with two attached hydrogens (primary N) is 1. The van der Waals surface area contributed by atoms with Crippen LogP contribution in [-0.4, -0.2) is 11.0 Å². The van der Waals surface area contributed by atoms with E-state index in [2.05, 4.69) is 24.0 Å². The first-order chi connectivity index (χ1) is 9.63. The zero-order chi connectivity index (χ0) is 13.7. The van der Waals surface area contributed by atoms with E-state index in [0.29, 0.717) is 11.5 Å². The summed E-state index contributed by atoms with van der Waals surface area (Å²) in [7, 11) is 0. The van der Waals surface area contributed by atoms with Gasteiger partial charge in [-0.05, 0) is 80.2 Å². The van der Waals surface area contributed by atoms with E-state index in [0.717, 1.165) is 24.2 Å². The second-order valence-corrected chi connectivity index (χ2v) is 7.92. The SMILES string of the molecule is Cc1ccc(CC(N)C23CC4CC(CC(C4)C2)C3)nc1. The Morgan fingerprint density at radius 3 is 2.25 bits per heavy atom. The summed E-state index contributed by atoms with van der Waals surface area (Å²) in [6, 6.07) is 4.64. The fourth-order valence-corrected chi connectivity index (χ4v) is 5.69. The van der Waals surface area contributed by atoms with E-state index >= 15 is 0 Å². The molecule has 1 heterocycles. The average molecular weight is 270 g/mol. The second-order valence-electron chi connectivity index (χ2n) is 7.92. The van der Waals surface area contributed by atoms with E-state index in [4.69, 9.17) is 5.73 Å². The predicted octanol–water partition coefficient (Wildman–Crippen LogP) is 3.48. The van der Waals surface area contributed by atoms with Gasteiger partial charge in [0.15, 0.2) is 0 Å². The Labute approximate surface area is 122 Å². The summed E-state index contributed by atoms with van der Waals surface area (Å²) in [6.45, 7) is 2.09. The highest BCUT2D eigenvalue weighted by Gasteiger charge is 2.53. The van der Waals surface area contributed by atoms with Crippen LogP contribution in [0.15, 0.2) is 18.3 Å². The van der Waals surface area contributed by atoms with Crippen molar-refractivity contribution in [3.05, 3.63) is 29.6 Å². The zero-order valence-electron chi connectivity index (χ0n) is 12.5. The Balaban J connectivity index is 1.53. The van der Waals surface area contributed by atoms with Gasteiger partial charge in [0.2, 0.25) is 0 Å². The molecule has 0 aliphatic heterocycles. The Hall–Kier alpha value is -0.890. The van der Waals surface area contributed by atoms with Crippen LogP contribution in [0.3, 0.4) is 0 Å². The lowest BCUT2D eigenvalue weighted by Crippen LogP contribution is -2.55. The first-order valence-electron chi connectivity index (χ1n) is 8.30. The molecule has 20 heavy (non-hydrogen) atoms. The van der Waals surface area contributed by atoms with Crippen molar-refractivity contribution in [1.29, 1.82) is 0 Å². The van der Waals surface area contributed by atoms with Crippen molar-refractivity contribution in [3.8, 4) is 0 Å². The Morgan fingerprint density at radius 1 is 1.15 bits per heavy atom. The van der Waals surface area contributed by atoms with Crippen molar-refractivity contribution >= 4 is 0 Å². The number of nitrogens with zero attached hydrogens (tertiary/aromatic N) is 1. The van der Waals surface area contributed by atoms with Gasteiger partial charge in [-0.2, -0.15) is 0 Å². The summed E-state index contributed by atoms with van der Waals surface area (Å²) >= 11 is 0. The first-order valence-corrected chi connectivity index (χ1v) is 8.30. The molecule has 0 saturated heterocycles. The molecule has 0 radical (unpaired) electrons. The van der Waals surface area contributed by atoms with Gasteiger partial charge in [-0.15, -0.1) is 0 Å². The van der Waals surface area contributed by atoms with Gasteiger partial charge < -0.3 is 5.73 Å². The number of pyridine rings is 1. The van der Waals surface area contributed by atoms with Crippen LogP contribution >= 0.6 is 0 Å². The minimum atomic E-state index is 0.311. The highest BCUT2D eigenvalue weighted by atomic mass is 14.8. The van der Waals surface area contributed by atoms with E-state index < -0.39 is 0 Å². The monoisotopic (exact) mass is 270 g/mol. The summed E-state index contributed by atoms with van der Waals surface area (Å²) in [5.74, 6) is 2.95. The van der Waals surface area contributed by atoms with Crippen LogP contribution in [0.2, 0.25) is 0 Å². The molecule has 4 bridgehead atoms. The maximum absolute atomic E-state index is 6.70. The molecule has 5 rings (SSSR count). The normalized spacial score (nSPS) is 40.0. The smallest absolute Gasteiger partial charge is 0.0419 e. The van der Waals surface area contributed by atoms with Crippen LogP contribution in [0.5, 0.6) is 0 Å². The van der Waals surface area contributed by atoms with Crippen LogP contribution in [0.4, 0.5) is 0 Å². The third-order valence-corrected chi connectivity index (χ3v) is 6.27. The van der Waals surface area contributed by atoms with Gasteiger partial charge >= 0.3 is 0 Å². The van der Waals surface area contributed by atoms with Gasteiger partial charge in [-0.25, -0.2) is 0 Å². The molecule has 0 spiro atoms. The van der Waals surface area contributed by atoms with Crippen molar-refractivity contribution in [1.82, 2.24) is 4.98 Å². The molecular weight excluding hydrogens is 244 g/mol. The quantitative estimate of drug-likeness (QED) is 0.913. The minimum Gasteiger partial charge on any atom is -0.327 e. The van der Waals surface area contributed by atoms with Gasteiger partial charge in [0.25, 0.3) is 0 Å².